The molecule has 0 radical (unpaired) electrons. The Morgan fingerprint density at radius 3 is 2.44 bits per heavy atom. The largest absolute Gasteiger partial charge is 0.469 e. The summed E-state index contributed by atoms with van der Waals surface area (Å²) in [5, 5.41) is 0. The van der Waals surface area contributed by atoms with Gasteiger partial charge in [-0.05, 0) is 28.8 Å². The predicted molar refractivity (Wildman–Crippen MR) is 75.3 cm³/mol. The molecule has 0 heterocycles. The topological polar surface area (TPSA) is 26.3 Å². The zero-order valence-corrected chi connectivity index (χ0v) is 11.6. The molecule has 0 spiro atoms. The molecule has 3 heteroatoms. The summed E-state index contributed by atoms with van der Waals surface area (Å²) in [5.41, 5.74) is 3.14. The monoisotopic (exact) mass is 304 g/mol. The zero-order valence-electron chi connectivity index (χ0n) is 10.0. The highest BCUT2D eigenvalue weighted by molar-refractivity contribution is 9.10. The van der Waals surface area contributed by atoms with Crippen LogP contribution < -0.4 is 0 Å². The van der Waals surface area contributed by atoms with Gasteiger partial charge in [0.15, 0.2) is 0 Å². The van der Waals surface area contributed by atoms with Gasteiger partial charge in [-0.25, -0.2) is 0 Å². The molecule has 0 saturated carbocycles. The van der Waals surface area contributed by atoms with Gasteiger partial charge in [0.25, 0.3) is 0 Å². The van der Waals surface area contributed by atoms with Crippen molar-refractivity contribution in [2.24, 2.45) is 0 Å². The second kappa shape index (κ2) is 5.83. The van der Waals surface area contributed by atoms with Crippen LogP contribution in [0, 0.1) is 0 Å². The van der Waals surface area contributed by atoms with E-state index < -0.39 is 0 Å². The van der Waals surface area contributed by atoms with Crippen molar-refractivity contribution in [3.05, 3.63) is 58.6 Å². The molecule has 2 nitrogen and oxygen atoms in total. The first-order valence-electron chi connectivity index (χ1n) is 5.61. The molecule has 2 rings (SSSR count). The average molecular weight is 305 g/mol. The Morgan fingerprint density at radius 1 is 1.11 bits per heavy atom. The Morgan fingerprint density at radius 2 is 1.78 bits per heavy atom. The molecule has 18 heavy (non-hydrogen) atoms. The van der Waals surface area contributed by atoms with Crippen molar-refractivity contribution in [3.63, 3.8) is 0 Å². The molecule has 0 aliphatic carbocycles. The Kier molecular flexibility index (Phi) is 4.15. The molecule has 0 N–H and O–H groups in total. The van der Waals surface area contributed by atoms with Gasteiger partial charge >= 0.3 is 5.97 Å². The van der Waals surface area contributed by atoms with E-state index in [2.05, 4.69) is 15.9 Å². The molecule has 0 aliphatic rings. The zero-order chi connectivity index (χ0) is 13.0. The first-order valence-corrected chi connectivity index (χ1v) is 6.40. The van der Waals surface area contributed by atoms with E-state index in [9.17, 15) is 4.79 Å². The summed E-state index contributed by atoms with van der Waals surface area (Å²) in [6.07, 6.45) is 0.294. The van der Waals surface area contributed by atoms with E-state index >= 15 is 0 Å². The minimum absolute atomic E-state index is 0.223. The molecule has 0 amide bonds. The van der Waals surface area contributed by atoms with Crippen molar-refractivity contribution in [2.75, 3.05) is 7.11 Å². The van der Waals surface area contributed by atoms with Crippen LogP contribution >= 0.6 is 15.9 Å². The summed E-state index contributed by atoms with van der Waals surface area (Å²) < 4.78 is 5.76. The normalized spacial score (nSPS) is 10.1. The maximum Gasteiger partial charge on any atom is 0.309 e. The number of rotatable bonds is 3. The van der Waals surface area contributed by atoms with Crippen LogP contribution in [0.1, 0.15) is 5.56 Å². The van der Waals surface area contributed by atoms with Gasteiger partial charge in [0.05, 0.1) is 13.5 Å². The molecule has 0 fully saturated rings. The lowest BCUT2D eigenvalue weighted by Crippen LogP contribution is -2.05. The van der Waals surface area contributed by atoms with Crippen molar-refractivity contribution in [2.45, 2.75) is 6.42 Å². The highest BCUT2D eigenvalue weighted by atomic mass is 79.9. The lowest BCUT2D eigenvalue weighted by Gasteiger charge is -2.08. The van der Waals surface area contributed by atoms with E-state index in [0.717, 1.165) is 21.2 Å². The van der Waals surface area contributed by atoms with Crippen LogP contribution in [0.25, 0.3) is 11.1 Å². The molecular weight excluding hydrogens is 292 g/mol. The lowest BCUT2D eigenvalue weighted by atomic mass is 9.98. The number of carbonyl (C=O) groups is 1. The van der Waals surface area contributed by atoms with Gasteiger partial charge < -0.3 is 4.74 Å². The van der Waals surface area contributed by atoms with Crippen molar-refractivity contribution >= 4 is 21.9 Å². The van der Waals surface area contributed by atoms with E-state index in [1.165, 1.54) is 7.11 Å². The minimum Gasteiger partial charge on any atom is -0.469 e. The Hall–Kier alpha value is -1.61. The molecule has 0 aromatic heterocycles. The average Bonchev–Trinajstić information content (AvgIpc) is 2.40. The summed E-state index contributed by atoms with van der Waals surface area (Å²) in [4.78, 5) is 11.4. The Balaban J connectivity index is 2.38. The van der Waals surface area contributed by atoms with Gasteiger partial charge in [-0.15, -0.1) is 0 Å². The van der Waals surface area contributed by atoms with E-state index in [1.807, 2.05) is 48.5 Å². The third-order valence-electron chi connectivity index (χ3n) is 2.74. The van der Waals surface area contributed by atoms with Crippen LogP contribution in [0.5, 0.6) is 0 Å². The van der Waals surface area contributed by atoms with Crippen molar-refractivity contribution in [1.29, 1.82) is 0 Å². The van der Waals surface area contributed by atoms with E-state index in [0.29, 0.717) is 6.42 Å². The predicted octanol–water partition coefficient (Wildman–Crippen LogP) is 3.83. The molecule has 2 aromatic rings. The second-order valence-electron chi connectivity index (χ2n) is 3.92. The smallest absolute Gasteiger partial charge is 0.309 e. The molecular formula is C15H13BrO2. The highest BCUT2D eigenvalue weighted by Crippen LogP contribution is 2.25. The van der Waals surface area contributed by atoms with Crippen LogP contribution in [0.2, 0.25) is 0 Å². The highest BCUT2D eigenvalue weighted by Gasteiger charge is 2.08. The number of ether oxygens (including phenoxy) is 1. The quantitative estimate of drug-likeness (QED) is 0.806. The van der Waals surface area contributed by atoms with Crippen molar-refractivity contribution < 1.29 is 9.53 Å². The third-order valence-corrected chi connectivity index (χ3v) is 3.26. The summed E-state index contributed by atoms with van der Waals surface area (Å²) in [5.74, 6) is -0.223. The Bertz CT molecular complexity index is 547. The fraction of sp³-hybridized carbons (Fsp3) is 0.133. The van der Waals surface area contributed by atoms with E-state index in [-0.39, 0.29) is 5.97 Å². The van der Waals surface area contributed by atoms with Crippen LogP contribution in [0.15, 0.2) is 53.0 Å². The Labute approximate surface area is 115 Å². The van der Waals surface area contributed by atoms with Gasteiger partial charge in [-0.2, -0.15) is 0 Å². The third kappa shape index (κ3) is 2.99. The number of hydrogen-bond acceptors (Lipinski definition) is 2. The first kappa shape index (κ1) is 12.8. The second-order valence-corrected chi connectivity index (χ2v) is 4.83. The summed E-state index contributed by atoms with van der Waals surface area (Å²) >= 11 is 3.41. The van der Waals surface area contributed by atoms with Crippen molar-refractivity contribution in [1.82, 2.24) is 0 Å². The fourth-order valence-electron chi connectivity index (χ4n) is 1.81. The van der Waals surface area contributed by atoms with Gasteiger partial charge in [-0.1, -0.05) is 52.3 Å². The number of methoxy groups -OCH3 is 1. The van der Waals surface area contributed by atoms with Gasteiger partial charge in [0.1, 0.15) is 0 Å². The first-order chi connectivity index (χ1) is 8.70. The lowest BCUT2D eigenvalue weighted by molar-refractivity contribution is -0.139. The summed E-state index contributed by atoms with van der Waals surface area (Å²) in [7, 11) is 1.41. The molecule has 0 saturated heterocycles. The SMILES string of the molecule is COC(=O)Cc1ccccc1-c1ccc(Br)cc1. The van der Waals surface area contributed by atoms with E-state index in [4.69, 9.17) is 4.74 Å². The van der Waals surface area contributed by atoms with E-state index in [1.54, 1.807) is 0 Å². The number of benzene rings is 2. The van der Waals surface area contributed by atoms with Crippen LogP contribution in [0.4, 0.5) is 0 Å². The molecule has 2 aromatic carbocycles. The number of esters is 1. The molecule has 0 bridgehead atoms. The molecule has 0 aliphatic heterocycles. The minimum atomic E-state index is -0.223. The number of carbonyl (C=O) groups excluding carboxylic acids is 1. The summed E-state index contributed by atoms with van der Waals surface area (Å²) in [6, 6.07) is 15.9. The van der Waals surface area contributed by atoms with Crippen LogP contribution in [-0.2, 0) is 16.0 Å². The standard InChI is InChI=1S/C15H13BrO2/c1-18-15(17)10-12-4-2-3-5-14(12)11-6-8-13(16)9-7-11/h2-9H,10H2,1H3. The van der Waals surface area contributed by atoms with Crippen molar-refractivity contribution in [3.8, 4) is 11.1 Å². The molecule has 0 unspecified atom stereocenters. The maximum absolute atomic E-state index is 11.4. The van der Waals surface area contributed by atoms with Gasteiger partial charge in [0, 0.05) is 4.47 Å². The van der Waals surface area contributed by atoms with Crippen LogP contribution in [-0.4, -0.2) is 13.1 Å². The number of halogens is 1. The van der Waals surface area contributed by atoms with Gasteiger partial charge in [0.2, 0.25) is 0 Å². The molecule has 0 atom stereocenters. The maximum atomic E-state index is 11.4. The molecule has 92 valence electrons. The van der Waals surface area contributed by atoms with Gasteiger partial charge in [-0.3, -0.25) is 4.79 Å². The fourth-order valence-corrected chi connectivity index (χ4v) is 2.08. The number of hydrogen-bond donors (Lipinski definition) is 0. The van der Waals surface area contributed by atoms with Crippen LogP contribution in [0.3, 0.4) is 0 Å². The summed E-state index contributed by atoms with van der Waals surface area (Å²) in [6.45, 7) is 0.